The Hall–Kier alpha value is -2.48. The topological polar surface area (TPSA) is 18.5 Å². The molecule has 2 unspecified atom stereocenters. The molecule has 0 saturated heterocycles. The van der Waals surface area contributed by atoms with Crippen molar-refractivity contribution in [3.8, 4) is 11.5 Å². The minimum absolute atomic E-state index is 0.0368. The van der Waals surface area contributed by atoms with E-state index in [1.165, 1.54) is 16.5 Å². The van der Waals surface area contributed by atoms with Crippen LogP contribution in [-0.2, 0) is 0 Å². The molecule has 0 heterocycles. The zero-order chi connectivity index (χ0) is 17.8. The van der Waals surface area contributed by atoms with Crippen molar-refractivity contribution in [3.05, 3.63) is 71.8 Å². The van der Waals surface area contributed by atoms with E-state index >= 15 is 0 Å². The van der Waals surface area contributed by atoms with E-state index in [1.54, 1.807) is 7.11 Å². The monoisotopic (exact) mass is 334 g/mol. The van der Waals surface area contributed by atoms with E-state index in [-0.39, 0.29) is 6.10 Å². The van der Waals surface area contributed by atoms with Crippen LogP contribution in [-0.4, -0.2) is 7.11 Å². The molecule has 0 spiro atoms. The molecule has 0 radical (unpaired) electrons. The summed E-state index contributed by atoms with van der Waals surface area (Å²) >= 11 is 0. The van der Waals surface area contributed by atoms with E-state index < -0.39 is 0 Å². The third-order valence-electron chi connectivity index (χ3n) is 4.95. The Bertz CT molecular complexity index is 836. The molecule has 0 amide bonds. The number of hydrogen-bond acceptors (Lipinski definition) is 2. The summed E-state index contributed by atoms with van der Waals surface area (Å²) in [6.45, 7) is 6.56. The fourth-order valence-corrected chi connectivity index (χ4v) is 3.22. The second-order valence-corrected chi connectivity index (χ2v) is 6.54. The van der Waals surface area contributed by atoms with Gasteiger partial charge >= 0.3 is 0 Å². The number of ether oxygens (including phenoxy) is 2. The maximum absolute atomic E-state index is 6.21. The third-order valence-corrected chi connectivity index (χ3v) is 4.95. The maximum atomic E-state index is 6.21. The van der Waals surface area contributed by atoms with Gasteiger partial charge in [-0.15, -0.1) is 0 Å². The molecule has 0 aliphatic carbocycles. The Morgan fingerprint density at radius 1 is 0.840 bits per heavy atom. The van der Waals surface area contributed by atoms with Gasteiger partial charge in [-0.2, -0.15) is 0 Å². The molecular weight excluding hydrogens is 308 g/mol. The standard InChI is InChI=1S/C23H26O2/c1-5-16(2)18-12-14-19(15-13-18)25-17(3)20-8-6-10-22-21(20)9-7-11-23(22)24-4/h6-17H,5H2,1-4H3. The number of rotatable bonds is 6. The Kier molecular flexibility index (Phi) is 5.28. The summed E-state index contributed by atoms with van der Waals surface area (Å²) in [6.07, 6.45) is 1.11. The Morgan fingerprint density at radius 3 is 2.20 bits per heavy atom. The van der Waals surface area contributed by atoms with Gasteiger partial charge in [0.25, 0.3) is 0 Å². The van der Waals surface area contributed by atoms with Crippen LogP contribution in [0.15, 0.2) is 60.7 Å². The molecular formula is C23H26O2. The van der Waals surface area contributed by atoms with E-state index in [0.29, 0.717) is 5.92 Å². The van der Waals surface area contributed by atoms with Gasteiger partial charge in [0.15, 0.2) is 0 Å². The first kappa shape index (κ1) is 17.3. The molecule has 0 fully saturated rings. The van der Waals surface area contributed by atoms with Gasteiger partial charge in [-0.3, -0.25) is 0 Å². The second-order valence-electron chi connectivity index (χ2n) is 6.54. The smallest absolute Gasteiger partial charge is 0.126 e. The summed E-state index contributed by atoms with van der Waals surface area (Å²) < 4.78 is 11.7. The van der Waals surface area contributed by atoms with Crippen LogP contribution in [0.5, 0.6) is 11.5 Å². The zero-order valence-corrected chi connectivity index (χ0v) is 15.5. The lowest BCUT2D eigenvalue weighted by Gasteiger charge is -2.18. The van der Waals surface area contributed by atoms with Crippen molar-refractivity contribution in [1.82, 2.24) is 0 Å². The fraction of sp³-hybridized carbons (Fsp3) is 0.304. The molecule has 0 aromatic heterocycles. The normalized spacial score (nSPS) is 13.4. The van der Waals surface area contributed by atoms with Crippen molar-refractivity contribution in [2.24, 2.45) is 0 Å². The molecule has 2 atom stereocenters. The van der Waals surface area contributed by atoms with Crippen LogP contribution >= 0.6 is 0 Å². The second kappa shape index (κ2) is 7.60. The lowest BCUT2D eigenvalue weighted by atomic mass is 9.98. The van der Waals surface area contributed by atoms with Crippen LogP contribution in [0, 0.1) is 0 Å². The highest BCUT2D eigenvalue weighted by atomic mass is 16.5. The highest BCUT2D eigenvalue weighted by Crippen LogP contribution is 2.33. The van der Waals surface area contributed by atoms with Gasteiger partial charge in [-0.1, -0.05) is 56.3 Å². The first-order valence-electron chi connectivity index (χ1n) is 8.96. The van der Waals surface area contributed by atoms with Gasteiger partial charge < -0.3 is 9.47 Å². The van der Waals surface area contributed by atoms with Crippen molar-refractivity contribution in [3.63, 3.8) is 0 Å². The summed E-state index contributed by atoms with van der Waals surface area (Å²) in [5.41, 5.74) is 2.53. The molecule has 2 nitrogen and oxygen atoms in total. The maximum Gasteiger partial charge on any atom is 0.126 e. The van der Waals surface area contributed by atoms with Crippen molar-refractivity contribution in [1.29, 1.82) is 0 Å². The Balaban J connectivity index is 1.86. The molecule has 25 heavy (non-hydrogen) atoms. The highest BCUT2D eigenvalue weighted by molar-refractivity contribution is 5.91. The molecule has 3 rings (SSSR count). The molecule has 0 bridgehead atoms. The van der Waals surface area contributed by atoms with E-state index in [0.717, 1.165) is 23.3 Å². The van der Waals surface area contributed by atoms with Gasteiger partial charge in [0, 0.05) is 10.9 Å². The van der Waals surface area contributed by atoms with E-state index in [4.69, 9.17) is 9.47 Å². The van der Waals surface area contributed by atoms with Gasteiger partial charge in [0.05, 0.1) is 7.11 Å². The summed E-state index contributed by atoms with van der Waals surface area (Å²) in [7, 11) is 1.71. The van der Waals surface area contributed by atoms with E-state index in [2.05, 4.69) is 69.3 Å². The molecule has 3 aromatic carbocycles. The van der Waals surface area contributed by atoms with Crippen molar-refractivity contribution in [2.75, 3.05) is 7.11 Å². The molecule has 0 aliphatic rings. The van der Waals surface area contributed by atoms with Crippen LogP contribution in [0.1, 0.15) is 50.3 Å². The van der Waals surface area contributed by atoms with Gasteiger partial charge in [0.1, 0.15) is 17.6 Å². The van der Waals surface area contributed by atoms with Crippen LogP contribution in [0.2, 0.25) is 0 Å². The summed E-state index contributed by atoms with van der Waals surface area (Å²) in [5, 5.41) is 2.29. The highest BCUT2D eigenvalue weighted by Gasteiger charge is 2.13. The van der Waals surface area contributed by atoms with Gasteiger partial charge in [0.2, 0.25) is 0 Å². The van der Waals surface area contributed by atoms with Crippen LogP contribution in [0.4, 0.5) is 0 Å². The SMILES string of the molecule is CCC(C)c1ccc(OC(C)c2cccc3c(OC)cccc23)cc1. The summed E-state index contributed by atoms with van der Waals surface area (Å²) in [6, 6.07) is 20.9. The number of fused-ring (bicyclic) bond motifs is 1. The predicted octanol–water partition coefficient (Wildman–Crippen LogP) is 6.50. The lowest BCUT2D eigenvalue weighted by Crippen LogP contribution is -2.04. The summed E-state index contributed by atoms with van der Waals surface area (Å²) in [5.74, 6) is 2.38. The minimum Gasteiger partial charge on any atom is -0.496 e. The quantitative estimate of drug-likeness (QED) is 0.512. The van der Waals surface area contributed by atoms with Gasteiger partial charge in [-0.05, 0) is 48.4 Å². The van der Waals surface area contributed by atoms with Crippen LogP contribution in [0.25, 0.3) is 10.8 Å². The van der Waals surface area contributed by atoms with E-state index in [1.807, 2.05) is 12.1 Å². The fourth-order valence-electron chi connectivity index (χ4n) is 3.22. The summed E-state index contributed by atoms with van der Waals surface area (Å²) in [4.78, 5) is 0. The van der Waals surface area contributed by atoms with Crippen molar-refractivity contribution in [2.45, 2.75) is 39.2 Å². The largest absolute Gasteiger partial charge is 0.496 e. The number of hydrogen-bond donors (Lipinski definition) is 0. The minimum atomic E-state index is -0.0368. The van der Waals surface area contributed by atoms with Crippen LogP contribution in [0.3, 0.4) is 0 Å². The Morgan fingerprint density at radius 2 is 1.52 bits per heavy atom. The molecule has 0 saturated carbocycles. The number of methoxy groups -OCH3 is 1. The lowest BCUT2D eigenvalue weighted by molar-refractivity contribution is 0.228. The Labute approximate surface area is 150 Å². The van der Waals surface area contributed by atoms with Crippen molar-refractivity contribution < 1.29 is 9.47 Å². The van der Waals surface area contributed by atoms with Crippen molar-refractivity contribution >= 4 is 10.8 Å². The molecule has 0 N–H and O–H groups in total. The van der Waals surface area contributed by atoms with E-state index in [9.17, 15) is 0 Å². The molecule has 130 valence electrons. The van der Waals surface area contributed by atoms with Crippen LogP contribution < -0.4 is 9.47 Å². The average Bonchev–Trinajstić information content (AvgIpc) is 2.66. The van der Waals surface area contributed by atoms with Gasteiger partial charge in [-0.25, -0.2) is 0 Å². The average molecular weight is 334 g/mol. The first-order valence-corrected chi connectivity index (χ1v) is 8.96. The number of benzene rings is 3. The molecule has 0 aliphatic heterocycles. The molecule has 2 heteroatoms. The first-order chi connectivity index (χ1) is 12.1. The molecule has 3 aromatic rings. The zero-order valence-electron chi connectivity index (χ0n) is 15.5. The third kappa shape index (κ3) is 3.63. The predicted molar refractivity (Wildman–Crippen MR) is 105 cm³/mol.